The first kappa shape index (κ1) is 15.0. The molecule has 0 spiro atoms. The van der Waals surface area contributed by atoms with Gasteiger partial charge in [0.2, 0.25) is 0 Å². The van der Waals surface area contributed by atoms with Crippen molar-refractivity contribution in [3.05, 3.63) is 29.7 Å². The van der Waals surface area contributed by atoms with Crippen LogP contribution in [-0.2, 0) is 4.74 Å². The van der Waals surface area contributed by atoms with Crippen molar-refractivity contribution in [3.8, 4) is 0 Å². The number of carbonyl (C=O) groups excluding carboxylic acids is 2. The molecule has 1 rings (SSSR count). The summed E-state index contributed by atoms with van der Waals surface area (Å²) in [4.78, 5) is 21.7. The number of nitrogens with one attached hydrogen (secondary N) is 1. The second-order valence-corrected chi connectivity index (χ2v) is 4.98. The van der Waals surface area contributed by atoms with Gasteiger partial charge in [0.25, 0.3) is 0 Å². The summed E-state index contributed by atoms with van der Waals surface area (Å²) in [5.74, 6) is 0.908. The molecule has 0 unspecified atom stereocenters. The van der Waals surface area contributed by atoms with Gasteiger partial charge in [0.05, 0.1) is 0 Å². The Morgan fingerprint density at radius 1 is 1.37 bits per heavy atom. The SMILES string of the molecule is CC(C)(C)OC(=O)NCCC=Cc1ccc(C=O)o1. The van der Waals surface area contributed by atoms with Crippen LogP contribution in [0.4, 0.5) is 4.79 Å². The lowest BCUT2D eigenvalue weighted by Crippen LogP contribution is -2.32. The molecular weight excluding hydrogens is 246 g/mol. The summed E-state index contributed by atoms with van der Waals surface area (Å²) in [5, 5.41) is 2.64. The van der Waals surface area contributed by atoms with Crippen molar-refractivity contribution in [2.24, 2.45) is 0 Å². The minimum Gasteiger partial charge on any atom is -0.454 e. The van der Waals surface area contributed by atoms with Gasteiger partial charge in [-0.15, -0.1) is 0 Å². The van der Waals surface area contributed by atoms with Crippen molar-refractivity contribution in [1.29, 1.82) is 0 Å². The van der Waals surface area contributed by atoms with E-state index in [-0.39, 0.29) is 0 Å². The molecule has 1 amide bonds. The van der Waals surface area contributed by atoms with Gasteiger partial charge in [-0.1, -0.05) is 6.08 Å². The molecule has 0 atom stereocenters. The van der Waals surface area contributed by atoms with E-state index in [0.29, 0.717) is 30.8 Å². The van der Waals surface area contributed by atoms with Gasteiger partial charge in [0.1, 0.15) is 11.4 Å². The predicted molar refractivity (Wildman–Crippen MR) is 72.0 cm³/mol. The van der Waals surface area contributed by atoms with E-state index in [1.807, 2.05) is 26.8 Å². The summed E-state index contributed by atoms with van der Waals surface area (Å²) < 4.78 is 10.2. The molecule has 19 heavy (non-hydrogen) atoms. The number of furan rings is 1. The van der Waals surface area contributed by atoms with Crippen LogP contribution in [-0.4, -0.2) is 24.5 Å². The predicted octanol–water partition coefficient (Wildman–Crippen LogP) is 3.02. The third-order valence-electron chi connectivity index (χ3n) is 2.03. The maximum Gasteiger partial charge on any atom is 0.407 e. The highest BCUT2D eigenvalue weighted by Gasteiger charge is 2.15. The van der Waals surface area contributed by atoms with Gasteiger partial charge in [-0.2, -0.15) is 0 Å². The summed E-state index contributed by atoms with van der Waals surface area (Å²) in [6.45, 7) is 5.92. The summed E-state index contributed by atoms with van der Waals surface area (Å²) in [5.41, 5.74) is -0.487. The molecule has 0 fully saturated rings. The summed E-state index contributed by atoms with van der Waals surface area (Å²) in [6, 6.07) is 3.31. The van der Waals surface area contributed by atoms with Crippen LogP contribution in [0.1, 0.15) is 43.5 Å². The maximum atomic E-state index is 11.3. The fraction of sp³-hybridized carbons (Fsp3) is 0.429. The molecule has 1 N–H and O–H groups in total. The molecule has 0 bridgehead atoms. The number of ether oxygens (including phenoxy) is 1. The minimum atomic E-state index is -0.487. The Morgan fingerprint density at radius 3 is 2.63 bits per heavy atom. The van der Waals surface area contributed by atoms with E-state index in [4.69, 9.17) is 9.15 Å². The first-order chi connectivity index (χ1) is 8.90. The number of rotatable bonds is 5. The van der Waals surface area contributed by atoms with Gasteiger partial charge in [-0.05, 0) is 45.4 Å². The Hall–Kier alpha value is -2.04. The Kier molecular flexibility index (Phi) is 5.36. The van der Waals surface area contributed by atoms with Crippen LogP contribution in [0.15, 0.2) is 22.6 Å². The van der Waals surface area contributed by atoms with E-state index in [9.17, 15) is 9.59 Å². The average Bonchev–Trinajstić information content (AvgIpc) is 2.74. The first-order valence-corrected chi connectivity index (χ1v) is 6.09. The molecule has 5 heteroatoms. The Balaban J connectivity index is 2.23. The number of amides is 1. The van der Waals surface area contributed by atoms with E-state index in [2.05, 4.69) is 5.32 Å². The fourth-order valence-corrected chi connectivity index (χ4v) is 1.29. The molecule has 0 saturated heterocycles. The number of hydrogen-bond acceptors (Lipinski definition) is 4. The lowest BCUT2D eigenvalue weighted by molar-refractivity contribution is 0.0528. The molecule has 0 aliphatic heterocycles. The summed E-state index contributed by atoms with van der Waals surface area (Å²) >= 11 is 0. The van der Waals surface area contributed by atoms with Crippen LogP contribution in [0.5, 0.6) is 0 Å². The molecule has 1 aromatic heterocycles. The molecule has 0 saturated carbocycles. The molecule has 0 radical (unpaired) electrons. The number of hydrogen-bond donors (Lipinski definition) is 1. The second-order valence-electron chi connectivity index (χ2n) is 4.98. The number of alkyl carbamates (subject to hydrolysis) is 1. The average molecular weight is 265 g/mol. The van der Waals surface area contributed by atoms with Crippen LogP contribution < -0.4 is 5.32 Å². The quantitative estimate of drug-likeness (QED) is 0.656. The molecule has 0 aromatic carbocycles. The zero-order valence-corrected chi connectivity index (χ0v) is 11.4. The molecule has 0 aliphatic rings. The van der Waals surface area contributed by atoms with E-state index in [0.717, 1.165) is 0 Å². The Labute approximate surface area is 112 Å². The van der Waals surface area contributed by atoms with Crippen molar-refractivity contribution in [2.45, 2.75) is 32.8 Å². The van der Waals surface area contributed by atoms with Crippen LogP contribution in [0.3, 0.4) is 0 Å². The van der Waals surface area contributed by atoms with Gasteiger partial charge in [-0.25, -0.2) is 4.79 Å². The Morgan fingerprint density at radius 2 is 2.05 bits per heavy atom. The van der Waals surface area contributed by atoms with Crippen molar-refractivity contribution in [3.63, 3.8) is 0 Å². The normalized spacial score (nSPS) is 11.5. The highest BCUT2D eigenvalue weighted by molar-refractivity contribution is 5.71. The van der Waals surface area contributed by atoms with E-state index in [1.165, 1.54) is 0 Å². The smallest absolute Gasteiger partial charge is 0.407 e. The van der Waals surface area contributed by atoms with Crippen molar-refractivity contribution >= 4 is 18.5 Å². The van der Waals surface area contributed by atoms with E-state index in [1.54, 1.807) is 18.2 Å². The monoisotopic (exact) mass is 265 g/mol. The molecule has 1 heterocycles. The lowest BCUT2D eigenvalue weighted by Gasteiger charge is -2.19. The van der Waals surface area contributed by atoms with Crippen LogP contribution >= 0.6 is 0 Å². The molecule has 104 valence electrons. The van der Waals surface area contributed by atoms with Gasteiger partial charge in [0, 0.05) is 6.54 Å². The summed E-state index contributed by atoms with van der Waals surface area (Å²) in [7, 11) is 0. The number of aldehydes is 1. The maximum absolute atomic E-state index is 11.3. The van der Waals surface area contributed by atoms with Gasteiger partial charge < -0.3 is 14.5 Å². The Bertz CT molecular complexity index is 454. The van der Waals surface area contributed by atoms with Gasteiger partial charge >= 0.3 is 6.09 Å². The number of carbonyl (C=O) groups is 2. The van der Waals surface area contributed by atoms with Crippen LogP contribution in [0.2, 0.25) is 0 Å². The minimum absolute atomic E-state index is 0.298. The van der Waals surface area contributed by atoms with Crippen molar-refractivity contribution in [1.82, 2.24) is 5.32 Å². The molecular formula is C14H19NO4. The third-order valence-corrected chi connectivity index (χ3v) is 2.03. The lowest BCUT2D eigenvalue weighted by atomic mass is 10.2. The first-order valence-electron chi connectivity index (χ1n) is 6.09. The standard InChI is InChI=1S/C14H19NO4/c1-14(2,3)19-13(17)15-9-5-4-6-11-7-8-12(10-16)18-11/h4,6-8,10H,5,9H2,1-3H3,(H,15,17). The van der Waals surface area contributed by atoms with Crippen LogP contribution in [0, 0.1) is 0 Å². The third kappa shape index (κ3) is 6.45. The van der Waals surface area contributed by atoms with Gasteiger partial charge in [0.15, 0.2) is 12.0 Å². The highest BCUT2D eigenvalue weighted by Crippen LogP contribution is 2.08. The van der Waals surface area contributed by atoms with Gasteiger partial charge in [-0.3, -0.25) is 4.79 Å². The zero-order valence-electron chi connectivity index (χ0n) is 11.4. The molecule has 1 aromatic rings. The van der Waals surface area contributed by atoms with E-state index >= 15 is 0 Å². The van der Waals surface area contributed by atoms with Crippen molar-refractivity contribution < 1.29 is 18.7 Å². The molecule has 0 aliphatic carbocycles. The fourth-order valence-electron chi connectivity index (χ4n) is 1.29. The topological polar surface area (TPSA) is 68.5 Å². The van der Waals surface area contributed by atoms with Crippen molar-refractivity contribution in [2.75, 3.05) is 6.54 Å². The summed E-state index contributed by atoms with van der Waals surface area (Å²) in [6.07, 6.45) is 4.48. The highest BCUT2D eigenvalue weighted by atomic mass is 16.6. The molecule has 5 nitrogen and oxygen atoms in total. The second kappa shape index (κ2) is 6.78. The largest absolute Gasteiger partial charge is 0.454 e. The van der Waals surface area contributed by atoms with Crippen LogP contribution in [0.25, 0.3) is 6.08 Å². The zero-order chi connectivity index (χ0) is 14.3. The van der Waals surface area contributed by atoms with E-state index < -0.39 is 11.7 Å².